The summed E-state index contributed by atoms with van der Waals surface area (Å²) >= 11 is 1.70. The molecule has 0 amide bonds. The third-order valence-corrected chi connectivity index (χ3v) is 4.51. The van der Waals surface area contributed by atoms with E-state index < -0.39 is 0 Å². The maximum atomic E-state index is 5.80. The molecule has 0 aliphatic heterocycles. The quantitative estimate of drug-likeness (QED) is 0.266. The van der Waals surface area contributed by atoms with Gasteiger partial charge in [0.05, 0.1) is 13.2 Å². The smallest absolute Gasteiger partial charge is 0.120 e. The van der Waals surface area contributed by atoms with Gasteiger partial charge in [0, 0.05) is 5.41 Å². The molecule has 148 valence electrons. The number of ether oxygens (including phenoxy) is 2. The van der Waals surface area contributed by atoms with Crippen LogP contribution in [-0.2, 0) is 4.74 Å². The number of allylic oxidation sites excluding steroid dienone is 3. The van der Waals surface area contributed by atoms with Gasteiger partial charge in [-0.15, -0.1) is 0 Å². The van der Waals surface area contributed by atoms with Crippen molar-refractivity contribution in [3.63, 3.8) is 0 Å². The predicted molar refractivity (Wildman–Crippen MR) is 121 cm³/mol. The Morgan fingerprint density at radius 3 is 2.75 bits per heavy atom. The molecular formula is C25H30O2S. The highest BCUT2D eigenvalue weighted by molar-refractivity contribution is 7.08. The molecule has 0 unspecified atom stereocenters. The molecule has 0 aliphatic rings. The first kappa shape index (κ1) is 22.0. The van der Waals surface area contributed by atoms with Crippen LogP contribution >= 0.6 is 11.3 Å². The van der Waals surface area contributed by atoms with E-state index in [1.54, 1.807) is 11.3 Å². The fourth-order valence-corrected chi connectivity index (χ4v) is 3.01. The monoisotopic (exact) mass is 394 g/mol. The lowest BCUT2D eigenvalue weighted by atomic mass is 9.98. The average molecular weight is 395 g/mol. The van der Waals surface area contributed by atoms with E-state index in [0.717, 1.165) is 12.2 Å². The second-order valence-corrected chi connectivity index (χ2v) is 8.42. The zero-order chi connectivity index (χ0) is 20.2. The van der Waals surface area contributed by atoms with Gasteiger partial charge >= 0.3 is 0 Å². The predicted octanol–water partition coefficient (Wildman–Crippen LogP) is 6.75. The summed E-state index contributed by atoms with van der Waals surface area (Å²) < 4.78 is 11.5. The van der Waals surface area contributed by atoms with Crippen LogP contribution in [0.3, 0.4) is 0 Å². The van der Waals surface area contributed by atoms with Crippen molar-refractivity contribution >= 4 is 11.3 Å². The minimum atomic E-state index is 0.0519. The number of hydrogen-bond donors (Lipinski definition) is 0. The Balaban J connectivity index is 1.63. The number of benzene rings is 1. The van der Waals surface area contributed by atoms with Crippen LogP contribution in [0.4, 0.5) is 0 Å². The van der Waals surface area contributed by atoms with Crippen LogP contribution in [-0.4, -0.2) is 19.8 Å². The summed E-state index contributed by atoms with van der Waals surface area (Å²) in [5, 5.41) is 4.23. The molecule has 1 heterocycles. The summed E-state index contributed by atoms with van der Waals surface area (Å²) in [4.78, 5) is 0. The molecule has 0 saturated carbocycles. The third-order valence-electron chi connectivity index (χ3n) is 3.82. The molecule has 28 heavy (non-hydrogen) atoms. The molecule has 0 N–H and O–H groups in total. The highest BCUT2D eigenvalue weighted by Crippen LogP contribution is 2.25. The minimum absolute atomic E-state index is 0.0519. The Kier molecular flexibility index (Phi) is 9.07. The zero-order valence-electron chi connectivity index (χ0n) is 17.3. The van der Waals surface area contributed by atoms with Crippen molar-refractivity contribution in [1.29, 1.82) is 0 Å². The SMILES string of the molecule is CC(=CCOCCOc1cccc(-c2ccsc2)c1)CC=CC#CC(C)(C)C. The first-order valence-electron chi connectivity index (χ1n) is 9.60. The minimum Gasteiger partial charge on any atom is -0.491 e. The Morgan fingerprint density at radius 1 is 1.14 bits per heavy atom. The Bertz CT molecular complexity index is 827. The molecule has 2 aromatic rings. The van der Waals surface area contributed by atoms with Crippen molar-refractivity contribution in [3.8, 4) is 28.7 Å². The lowest BCUT2D eigenvalue weighted by Gasteiger charge is -2.08. The van der Waals surface area contributed by atoms with Gasteiger partial charge in [-0.05, 0) is 80.3 Å². The van der Waals surface area contributed by atoms with Crippen molar-refractivity contribution in [2.75, 3.05) is 19.8 Å². The fraction of sp³-hybridized carbons (Fsp3) is 0.360. The fourth-order valence-electron chi connectivity index (χ4n) is 2.34. The number of hydrogen-bond acceptors (Lipinski definition) is 3. The first-order valence-corrected chi connectivity index (χ1v) is 10.5. The highest BCUT2D eigenvalue weighted by Gasteiger charge is 2.02. The summed E-state index contributed by atoms with van der Waals surface area (Å²) in [7, 11) is 0. The molecule has 1 aromatic carbocycles. The third kappa shape index (κ3) is 9.08. The lowest BCUT2D eigenvalue weighted by molar-refractivity contribution is 0.120. The van der Waals surface area contributed by atoms with Crippen molar-refractivity contribution in [2.45, 2.75) is 34.1 Å². The van der Waals surface area contributed by atoms with Crippen molar-refractivity contribution < 1.29 is 9.47 Å². The van der Waals surface area contributed by atoms with Crippen LogP contribution in [0.5, 0.6) is 5.75 Å². The van der Waals surface area contributed by atoms with E-state index in [-0.39, 0.29) is 5.41 Å². The molecular weight excluding hydrogens is 364 g/mol. The van der Waals surface area contributed by atoms with Gasteiger partial charge in [-0.25, -0.2) is 0 Å². The summed E-state index contributed by atoms with van der Waals surface area (Å²) in [5.74, 6) is 7.16. The molecule has 0 radical (unpaired) electrons. The molecule has 0 fully saturated rings. The van der Waals surface area contributed by atoms with E-state index >= 15 is 0 Å². The molecule has 0 aliphatic carbocycles. The van der Waals surface area contributed by atoms with Gasteiger partial charge in [0.15, 0.2) is 0 Å². The maximum Gasteiger partial charge on any atom is 0.120 e. The van der Waals surface area contributed by atoms with E-state index in [0.29, 0.717) is 19.8 Å². The van der Waals surface area contributed by atoms with Gasteiger partial charge in [0.25, 0.3) is 0 Å². The largest absolute Gasteiger partial charge is 0.491 e. The number of thiophene rings is 1. The van der Waals surface area contributed by atoms with Gasteiger partial charge in [0.1, 0.15) is 12.4 Å². The van der Waals surface area contributed by atoms with Gasteiger partial charge < -0.3 is 9.47 Å². The zero-order valence-corrected chi connectivity index (χ0v) is 18.1. The molecule has 0 saturated heterocycles. The van der Waals surface area contributed by atoms with Crippen LogP contribution in [0.25, 0.3) is 11.1 Å². The van der Waals surface area contributed by atoms with Crippen LogP contribution in [0.2, 0.25) is 0 Å². The standard InChI is InChI=1S/C25H30O2S/c1-21(9-6-5-7-14-25(2,3)4)12-15-26-16-17-27-24-11-8-10-22(19-24)23-13-18-28-20-23/h5-6,8,10-13,18-20H,9,15-17H2,1-4H3. The van der Waals surface area contributed by atoms with E-state index in [1.807, 2.05) is 18.2 Å². The topological polar surface area (TPSA) is 18.5 Å². The van der Waals surface area contributed by atoms with Crippen LogP contribution in [0, 0.1) is 17.3 Å². The van der Waals surface area contributed by atoms with E-state index in [9.17, 15) is 0 Å². The van der Waals surface area contributed by atoms with Gasteiger partial charge in [-0.1, -0.05) is 41.7 Å². The van der Waals surface area contributed by atoms with Crippen molar-refractivity contribution in [2.24, 2.45) is 5.41 Å². The van der Waals surface area contributed by atoms with Crippen molar-refractivity contribution in [1.82, 2.24) is 0 Å². The molecule has 0 bridgehead atoms. The second kappa shape index (κ2) is 11.5. The van der Waals surface area contributed by atoms with E-state index in [4.69, 9.17) is 9.47 Å². The van der Waals surface area contributed by atoms with Gasteiger partial charge in [-0.3, -0.25) is 0 Å². The maximum absolute atomic E-state index is 5.80. The van der Waals surface area contributed by atoms with E-state index in [1.165, 1.54) is 16.7 Å². The molecule has 1 aromatic heterocycles. The van der Waals surface area contributed by atoms with Crippen LogP contribution in [0.15, 0.2) is 64.9 Å². The summed E-state index contributed by atoms with van der Waals surface area (Å²) in [6.07, 6.45) is 7.03. The number of rotatable bonds is 9. The molecule has 0 spiro atoms. The molecule has 0 atom stereocenters. The molecule has 2 rings (SSSR count). The summed E-state index contributed by atoms with van der Waals surface area (Å²) in [5.41, 5.74) is 3.73. The first-order chi connectivity index (χ1) is 13.4. The second-order valence-electron chi connectivity index (χ2n) is 7.64. The van der Waals surface area contributed by atoms with Gasteiger partial charge in [-0.2, -0.15) is 11.3 Å². The normalized spacial score (nSPS) is 12.1. The summed E-state index contributed by atoms with van der Waals surface area (Å²) in [6, 6.07) is 10.3. The Labute approximate surface area is 173 Å². The molecule has 3 heteroatoms. The van der Waals surface area contributed by atoms with Crippen molar-refractivity contribution in [3.05, 3.63) is 64.9 Å². The molecule has 2 nitrogen and oxygen atoms in total. The van der Waals surface area contributed by atoms with Gasteiger partial charge in [0.2, 0.25) is 0 Å². The van der Waals surface area contributed by atoms with Crippen LogP contribution in [0.1, 0.15) is 34.1 Å². The lowest BCUT2D eigenvalue weighted by Crippen LogP contribution is -2.06. The Morgan fingerprint density at radius 2 is 2.00 bits per heavy atom. The highest BCUT2D eigenvalue weighted by atomic mass is 32.1. The Hall–Kier alpha value is -2.28. The van der Waals surface area contributed by atoms with E-state index in [2.05, 4.69) is 80.6 Å². The average Bonchev–Trinajstić information content (AvgIpc) is 3.18. The summed E-state index contributed by atoms with van der Waals surface area (Å²) in [6.45, 7) is 10.2. The van der Waals surface area contributed by atoms with Crippen LogP contribution < -0.4 is 4.74 Å².